The number of unbranched alkanes of at least 4 members (excludes halogenated alkanes) is 1. The topological polar surface area (TPSA) is 57.6 Å². The Balaban J connectivity index is 1.96. The number of carboxylic acids is 1. The number of hydrogen-bond donors (Lipinski definition) is 1. The molecule has 1 aromatic carbocycles. The van der Waals surface area contributed by atoms with Crippen molar-refractivity contribution < 1.29 is 14.7 Å². The number of Topliss-reactive ketones (excluding diaryl/α,β-unsaturated/α-hetero) is 1. The fourth-order valence-corrected chi connectivity index (χ4v) is 3.16. The van der Waals surface area contributed by atoms with Crippen molar-refractivity contribution in [2.24, 2.45) is 0 Å². The van der Waals surface area contributed by atoms with E-state index in [1.54, 1.807) is 0 Å². The second-order valence-corrected chi connectivity index (χ2v) is 7.72. The van der Waals surface area contributed by atoms with Crippen LogP contribution in [0.25, 0.3) is 0 Å². The van der Waals surface area contributed by atoms with Gasteiger partial charge in [0.15, 0.2) is 5.78 Å². The quantitative estimate of drug-likeness (QED) is 0.591. The summed E-state index contributed by atoms with van der Waals surface area (Å²) in [6.07, 6.45) is 6.88. The monoisotopic (exact) mass is 343 g/mol. The molecular weight excluding hydrogens is 314 g/mol. The van der Waals surface area contributed by atoms with Crippen LogP contribution in [0.5, 0.6) is 0 Å². The Labute approximate surface area is 150 Å². The Hall–Kier alpha value is -2.10. The molecule has 0 bridgehead atoms. The molecule has 0 saturated carbocycles. The maximum Gasteiger partial charge on any atom is 0.303 e. The lowest BCUT2D eigenvalue weighted by atomic mass is 9.87. The minimum absolute atomic E-state index is 0.101. The van der Waals surface area contributed by atoms with E-state index >= 15 is 0 Å². The molecule has 0 amide bonds. The smallest absolute Gasteiger partial charge is 0.303 e. The van der Waals surface area contributed by atoms with E-state index in [1.165, 1.54) is 5.56 Å². The zero-order valence-electron chi connectivity index (χ0n) is 15.5. The average molecular weight is 343 g/mol. The third-order valence-electron chi connectivity index (χ3n) is 4.70. The highest BCUT2D eigenvalue weighted by Gasteiger charge is 2.31. The second-order valence-electron chi connectivity index (χ2n) is 7.72. The van der Waals surface area contributed by atoms with Crippen molar-refractivity contribution in [1.82, 2.24) is 0 Å². The third kappa shape index (κ3) is 5.45. The summed E-state index contributed by atoms with van der Waals surface area (Å²) in [5, 5.41) is 8.63. The highest BCUT2D eigenvalue weighted by atomic mass is 16.4. The molecule has 1 aliphatic heterocycles. The molecule has 25 heavy (non-hydrogen) atoms. The average Bonchev–Trinajstić information content (AvgIpc) is 2.91. The Bertz CT molecular complexity index is 626. The van der Waals surface area contributed by atoms with Crippen LogP contribution in [-0.2, 0) is 15.0 Å². The van der Waals surface area contributed by atoms with Crippen molar-refractivity contribution in [2.45, 2.75) is 64.3 Å². The zero-order valence-corrected chi connectivity index (χ0v) is 15.5. The fourth-order valence-electron chi connectivity index (χ4n) is 3.16. The van der Waals surface area contributed by atoms with Crippen LogP contribution in [0, 0.1) is 0 Å². The van der Waals surface area contributed by atoms with Crippen molar-refractivity contribution in [3.05, 3.63) is 42.0 Å². The summed E-state index contributed by atoms with van der Waals surface area (Å²) in [6.45, 7) is 7.35. The molecule has 0 aromatic heterocycles. The number of carbonyl (C=O) groups excluding carboxylic acids is 1. The molecule has 4 heteroatoms. The third-order valence-corrected chi connectivity index (χ3v) is 4.70. The van der Waals surface area contributed by atoms with E-state index in [2.05, 4.69) is 49.9 Å². The van der Waals surface area contributed by atoms with E-state index in [0.717, 1.165) is 18.7 Å². The summed E-state index contributed by atoms with van der Waals surface area (Å²) in [5.74, 6) is -0.473. The predicted molar refractivity (Wildman–Crippen MR) is 101 cm³/mol. The van der Waals surface area contributed by atoms with E-state index in [-0.39, 0.29) is 23.7 Å². The number of benzene rings is 1. The summed E-state index contributed by atoms with van der Waals surface area (Å²) < 4.78 is 0. The Kier molecular flexibility index (Phi) is 6.40. The van der Waals surface area contributed by atoms with Crippen LogP contribution >= 0.6 is 0 Å². The highest BCUT2D eigenvalue weighted by Crippen LogP contribution is 2.29. The zero-order chi connectivity index (χ0) is 18.4. The number of allylic oxidation sites excluding steroid dienone is 1. The second kappa shape index (κ2) is 8.32. The van der Waals surface area contributed by atoms with Crippen LogP contribution in [-0.4, -0.2) is 29.4 Å². The summed E-state index contributed by atoms with van der Waals surface area (Å²) in [7, 11) is 0. The number of aliphatic carboxylic acids is 1. The first-order valence-corrected chi connectivity index (χ1v) is 9.06. The van der Waals surface area contributed by atoms with Crippen LogP contribution < -0.4 is 4.90 Å². The van der Waals surface area contributed by atoms with Crippen LogP contribution in [0.2, 0.25) is 0 Å². The van der Waals surface area contributed by atoms with Gasteiger partial charge in [0.05, 0.1) is 6.04 Å². The summed E-state index contributed by atoms with van der Waals surface area (Å²) in [6, 6.07) is 8.43. The molecule has 0 aliphatic carbocycles. The molecule has 1 N–H and O–H groups in total. The molecule has 1 saturated heterocycles. The summed E-state index contributed by atoms with van der Waals surface area (Å²) in [4.78, 5) is 24.9. The van der Waals surface area contributed by atoms with Gasteiger partial charge in [0.25, 0.3) is 0 Å². The molecule has 1 heterocycles. The van der Waals surface area contributed by atoms with Gasteiger partial charge in [0.1, 0.15) is 0 Å². The van der Waals surface area contributed by atoms with Crippen molar-refractivity contribution in [3.63, 3.8) is 0 Å². The van der Waals surface area contributed by atoms with Crippen molar-refractivity contribution in [2.75, 3.05) is 11.4 Å². The number of anilines is 1. The molecule has 1 unspecified atom stereocenters. The van der Waals surface area contributed by atoms with Gasteiger partial charge in [-0.3, -0.25) is 9.59 Å². The molecule has 2 rings (SSSR count). The number of nitrogens with zero attached hydrogens (tertiary/aromatic N) is 1. The van der Waals surface area contributed by atoms with Crippen molar-refractivity contribution >= 4 is 17.4 Å². The van der Waals surface area contributed by atoms with Gasteiger partial charge in [-0.2, -0.15) is 0 Å². The number of ketones is 1. The predicted octanol–water partition coefficient (Wildman–Crippen LogP) is 4.33. The van der Waals surface area contributed by atoms with Crippen LogP contribution in [0.1, 0.15) is 58.4 Å². The van der Waals surface area contributed by atoms with Crippen LogP contribution in [0.15, 0.2) is 36.4 Å². The largest absolute Gasteiger partial charge is 0.481 e. The molecule has 1 atom stereocenters. The maximum absolute atomic E-state index is 12.2. The Morgan fingerprint density at radius 1 is 1.24 bits per heavy atom. The van der Waals surface area contributed by atoms with Gasteiger partial charge >= 0.3 is 5.97 Å². The van der Waals surface area contributed by atoms with Gasteiger partial charge in [-0.25, -0.2) is 0 Å². The molecule has 1 aromatic rings. The molecule has 0 radical (unpaired) electrons. The normalized spacial score (nSPS) is 18.3. The molecule has 0 spiro atoms. The Morgan fingerprint density at radius 3 is 2.52 bits per heavy atom. The van der Waals surface area contributed by atoms with Gasteiger partial charge in [-0.15, -0.1) is 0 Å². The fraction of sp³-hybridized carbons (Fsp3) is 0.524. The number of carbonyl (C=O) groups is 2. The standard InChI is InChI=1S/C21H29NO3/c1-21(2,3)16-10-12-17(13-11-16)22-15-14-19(23)18(22)8-6-4-5-7-9-20(24)25/h4,6,10-13,18H,5,7-9,14-15H2,1-3H3,(H,24,25)/b6-4-. The van der Waals surface area contributed by atoms with E-state index < -0.39 is 5.97 Å². The van der Waals surface area contributed by atoms with Crippen molar-refractivity contribution in [3.8, 4) is 0 Å². The van der Waals surface area contributed by atoms with Crippen molar-refractivity contribution in [1.29, 1.82) is 0 Å². The lowest BCUT2D eigenvalue weighted by Crippen LogP contribution is -2.32. The van der Waals surface area contributed by atoms with E-state index in [1.807, 2.05) is 12.2 Å². The molecule has 1 aliphatic rings. The summed E-state index contributed by atoms with van der Waals surface area (Å²) in [5.41, 5.74) is 2.51. The molecule has 1 fully saturated rings. The minimum Gasteiger partial charge on any atom is -0.481 e. The number of rotatable bonds is 7. The van der Waals surface area contributed by atoms with Crippen LogP contribution in [0.3, 0.4) is 0 Å². The first kappa shape index (κ1) is 19.2. The molecule has 4 nitrogen and oxygen atoms in total. The van der Waals surface area contributed by atoms with E-state index in [4.69, 9.17) is 5.11 Å². The van der Waals surface area contributed by atoms with Crippen LogP contribution in [0.4, 0.5) is 5.69 Å². The number of hydrogen-bond acceptors (Lipinski definition) is 3. The molecule has 136 valence electrons. The number of carboxylic acid groups (broad SMARTS) is 1. The first-order chi connectivity index (χ1) is 11.8. The minimum atomic E-state index is -0.760. The first-order valence-electron chi connectivity index (χ1n) is 9.06. The van der Waals surface area contributed by atoms with Gasteiger partial charge in [0.2, 0.25) is 0 Å². The van der Waals surface area contributed by atoms with Gasteiger partial charge in [-0.1, -0.05) is 45.1 Å². The molecular formula is C21H29NO3. The maximum atomic E-state index is 12.2. The van der Waals surface area contributed by atoms with E-state index in [9.17, 15) is 9.59 Å². The summed E-state index contributed by atoms with van der Waals surface area (Å²) >= 11 is 0. The van der Waals surface area contributed by atoms with Gasteiger partial charge < -0.3 is 10.0 Å². The lowest BCUT2D eigenvalue weighted by molar-refractivity contribution is -0.137. The van der Waals surface area contributed by atoms with Gasteiger partial charge in [0, 0.05) is 25.1 Å². The van der Waals surface area contributed by atoms with Gasteiger partial charge in [-0.05, 0) is 42.4 Å². The Morgan fingerprint density at radius 2 is 1.92 bits per heavy atom. The lowest BCUT2D eigenvalue weighted by Gasteiger charge is -2.26. The highest BCUT2D eigenvalue weighted by molar-refractivity contribution is 5.91. The SMILES string of the molecule is CC(C)(C)c1ccc(N2CCC(=O)C2C/C=C\CCCC(=O)O)cc1. The van der Waals surface area contributed by atoms with E-state index in [0.29, 0.717) is 19.3 Å².